The average Bonchev–Trinajstić information content (AvgIpc) is 1.69. The van der Waals surface area contributed by atoms with E-state index in [1.165, 1.54) is 7.11 Å². The van der Waals surface area contributed by atoms with E-state index in [1.807, 2.05) is 6.92 Å². The highest BCUT2D eigenvalue weighted by Crippen LogP contribution is 1.99. The molecule has 48 valence electrons. The lowest BCUT2D eigenvalue weighted by molar-refractivity contribution is -0.120. The van der Waals surface area contributed by atoms with Gasteiger partial charge in [-0.25, -0.2) is 0 Å². The zero-order valence-electron chi connectivity index (χ0n) is 4.98. The largest absolute Gasteiger partial charge is 0.372 e. The first-order chi connectivity index (χ1) is 3.72. The number of rotatable bonds is 3. The first-order valence-corrected chi connectivity index (χ1v) is 2.82. The fourth-order valence-electron chi connectivity index (χ4n) is 0.420. The predicted molar refractivity (Wildman–Crippen MR) is 31.9 cm³/mol. The Morgan fingerprint density at radius 2 is 2.38 bits per heavy atom. The second-order valence-electron chi connectivity index (χ2n) is 1.44. The smallest absolute Gasteiger partial charge is 0.250 e. The molecule has 1 atom stereocenters. The van der Waals surface area contributed by atoms with Crippen LogP contribution in [0.2, 0.25) is 0 Å². The zero-order chi connectivity index (χ0) is 6.57. The van der Waals surface area contributed by atoms with Gasteiger partial charge in [0, 0.05) is 7.11 Å². The third-order valence-corrected chi connectivity index (χ3v) is 1.15. The molecule has 0 aromatic carbocycles. The summed E-state index contributed by atoms with van der Waals surface area (Å²) in [7, 11) is 1.47. The van der Waals surface area contributed by atoms with Gasteiger partial charge in [0.05, 0.1) is 0 Å². The Balaban J connectivity index is 3.52. The van der Waals surface area contributed by atoms with E-state index in [-0.39, 0.29) is 0 Å². The van der Waals surface area contributed by atoms with Gasteiger partial charge in [0.25, 0.3) is 0 Å². The molecule has 0 aliphatic carbocycles. The normalized spacial score (nSPS) is 13.4. The van der Waals surface area contributed by atoms with Crippen molar-refractivity contribution < 1.29 is 9.53 Å². The van der Waals surface area contributed by atoms with E-state index in [4.69, 9.17) is 11.6 Å². The van der Waals surface area contributed by atoms with Crippen LogP contribution in [0.1, 0.15) is 13.3 Å². The Labute approximate surface area is 53.8 Å². The molecule has 0 saturated heterocycles. The van der Waals surface area contributed by atoms with Crippen molar-refractivity contribution in [2.75, 3.05) is 7.11 Å². The highest BCUT2D eigenvalue weighted by Gasteiger charge is 2.10. The maximum absolute atomic E-state index is 10.2. The van der Waals surface area contributed by atoms with E-state index in [0.717, 1.165) is 0 Å². The Morgan fingerprint density at radius 3 is 2.38 bits per heavy atom. The molecule has 0 aliphatic heterocycles. The Kier molecular flexibility index (Phi) is 3.83. The lowest BCUT2D eigenvalue weighted by Crippen LogP contribution is -2.16. The van der Waals surface area contributed by atoms with E-state index >= 15 is 0 Å². The van der Waals surface area contributed by atoms with Crippen LogP contribution in [0.25, 0.3) is 0 Å². The molecule has 0 aromatic heterocycles. The summed E-state index contributed by atoms with van der Waals surface area (Å²) < 4.78 is 4.68. The molecule has 2 nitrogen and oxygen atoms in total. The van der Waals surface area contributed by atoms with Gasteiger partial charge in [-0.3, -0.25) is 4.79 Å². The van der Waals surface area contributed by atoms with Crippen molar-refractivity contribution in [2.24, 2.45) is 0 Å². The number of ether oxygens (including phenoxy) is 1. The zero-order valence-corrected chi connectivity index (χ0v) is 5.73. The maximum atomic E-state index is 10.2. The summed E-state index contributed by atoms with van der Waals surface area (Å²) in [5.74, 6) is 0. The molecular weight excluding hydrogens is 128 g/mol. The molecule has 1 unspecified atom stereocenters. The predicted octanol–water partition coefficient (Wildman–Crippen LogP) is 1.18. The van der Waals surface area contributed by atoms with Crippen molar-refractivity contribution >= 4 is 16.8 Å². The highest BCUT2D eigenvalue weighted by atomic mass is 35.5. The summed E-state index contributed by atoms with van der Waals surface area (Å²) >= 11 is 5.08. The molecule has 0 amide bonds. The summed E-state index contributed by atoms with van der Waals surface area (Å²) in [5.41, 5.74) is 0. The van der Waals surface area contributed by atoms with Gasteiger partial charge >= 0.3 is 0 Å². The minimum absolute atomic E-state index is 0.420. The number of methoxy groups -OCH3 is 1. The second-order valence-corrected chi connectivity index (χ2v) is 1.81. The van der Waals surface area contributed by atoms with Crippen LogP contribution in [-0.4, -0.2) is 18.5 Å². The van der Waals surface area contributed by atoms with Crippen LogP contribution < -0.4 is 0 Å². The minimum Gasteiger partial charge on any atom is -0.372 e. The van der Waals surface area contributed by atoms with E-state index in [0.29, 0.717) is 6.42 Å². The Bertz CT molecular complexity index is 78.5. The molecule has 0 aliphatic rings. The number of hydrogen-bond acceptors (Lipinski definition) is 2. The van der Waals surface area contributed by atoms with Crippen LogP contribution in [0.3, 0.4) is 0 Å². The molecule has 0 aromatic rings. The average molecular weight is 137 g/mol. The maximum Gasteiger partial charge on any atom is 0.250 e. The van der Waals surface area contributed by atoms with Gasteiger partial charge in [0.15, 0.2) is 0 Å². The monoisotopic (exact) mass is 136 g/mol. The molecule has 0 spiro atoms. The molecular formula is C5H9ClO2. The molecule has 0 radical (unpaired) electrons. The molecule has 3 heteroatoms. The van der Waals surface area contributed by atoms with Gasteiger partial charge in [0.1, 0.15) is 6.10 Å². The van der Waals surface area contributed by atoms with Gasteiger partial charge in [0.2, 0.25) is 5.24 Å². The fraction of sp³-hybridized carbons (Fsp3) is 0.800. The molecule has 0 bridgehead atoms. The van der Waals surface area contributed by atoms with Gasteiger partial charge in [-0.05, 0) is 18.0 Å². The van der Waals surface area contributed by atoms with E-state index in [1.54, 1.807) is 0 Å². The van der Waals surface area contributed by atoms with Crippen molar-refractivity contribution in [3.05, 3.63) is 0 Å². The first kappa shape index (κ1) is 7.92. The summed E-state index contributed by atoms with van der Waals surface area (Å²) in [6.45, 7) is 1.84. The minimum atomic E-state index is -0.421. The van der Waals surface area contributed by atoms with Crippen LogP contribution >= 0.6 is 11.6 Å². The molecule has 0 heterocycles. The number of carbonyl (C=O) groups is 1. The van der Waals surface area contributed by atoms with Gasteiger partial charge in [-0.15, -0.1) is 0 Å². The molecule has 8 heavy (non-hydrogen) atoms. The van der Waals surface area contributed by atoms with Gasteiger partial charge in [-0.2, -0.15) is 0 Å². The fourth-order valence-corrected chi connectivity index (χ4v) is 0.663. The standard InChI is InChI=1S/C5H9ClO2/c1-3-4(8-2)5(6)7/h4H,3H2,1-2H3. The molecule has 0 N–H and O–H groups in total. The summed E-state index contributed by atoms with van der Waals surface area (Å²) in [5, 5.41) is -0.421. The summed E-state index contributed by atoms with van der Waals surface area (Å²) in [6.07, 6.45) is 0.218. The van der Waals surface area contributed by atoms with Crippen LogP contribution in [0.15, 0.2) is 0 Å². The van der Waals surface area contributed by atoms with E-state index in [9.17, 15) is 4.79 Å². The molecule has 0 rings (SSSR count). The van der Waals surface area contributed by atoms with Crippen molar-refractivity contribution in [1.82, 2.24) is 0 Å². The van der Waals surface area contributed by atoms with Crippen molar-refractivity contribution in [3.8, 4) is 0 Å². The number of halogens is 1. The van der Waals surface area contributed by atoms with Crippen molar-refractivity contribution in [1.29, 1.82) is 0 Å². The number of hydrogen-bond donors (Lipinski definition) is 0. The Hall–Kier alpha value is -0.0800. The van der Waals surface area contributed by atoms with Crippen LogP contribution in [-0.2, 0) is 9.53 Å². The third-order valence-electron chi connectivity index (χ3n) is 0.908. The molecule has 0 saturated carbocycles. The van der Waals surface area contributed by atoms with Gasteiger partial charge in [-0.1, -0.05) is 6.92 Å². The highest BCUT2D eigenvalue weighted by molar-refractivity contribution is 6.64. The van der Waals surface area contributed by atoms with Crippen LogP contribution in [0, 0.1) is 0 Å². The van der Waals surface area contributed by atoms with Crippen molar-refractivity contribution in [3.63, 3.8) is 0 Å². The van der Waals surface area contributed by atoms with E-state index < -0.39 is 11.3 Å². The molecule has 0 fully saturated rings. The lowest BCUT2D eigenvalue weighted by Gasteiger charge is -2.04. The SMILES string of the molecule is CCC(OC)C(=O)Cl. The van der Waals surface area contributed by atoms with Gasteiger partial charge < -0.3 is 4.74 Å². The second kappa shape index (κ2) is 3.87. The summed E-state index contributed by atoms with van der Waals surface area (Å²) in [6, 6.07) is 0. The Morgan fingerprint density at radius 1 is 1.88 bits per heavy atom. The first-order valence-electron chi connectivity index (χ1n) is 2.44. The van der Waals surface area contributed by atoms with Crippen LogP contribution in [0.4, 0.5) is 0 Å². The topological polar surface area (TPSA) is 26.3 Å². The van der Waals surface area contributed by atoms with Crippen LogP contribution in [0.5, 0.6) is 0 Å². The quantitative estimate of drug-likeness (QED) is 0.545. The summed E-state index contributed by atoms with van der Waals surface area (Å²) in [4.78, 5) is 10.2. The van der Waals surface area contributed by atoms with Crippen molar-refractivity contribution in [2.45, 2.75) is 19.4 Å². The lowest BCUT2D eigenvalue weighted by atomic mass is 10.3. The number of carbonyl (C=O) groups excluding carboxylic acids is 1. The van der Waals surface area contributed by atoms with E-state index in [2.05, 4.69) is 4.74 Å². The third kappa shape index (κ3) is 2.28.